The van der Waals surface area contributed by atoms with Gasteiger partial charge in [-0.05, 0) is 38.0 Å². The molecule has 1 atom stereocenters. The van der Waals surface area contributed by atoms with Crippen molar-refractivity contribution in [3.63, 3.8) is 0 Å². The van der Waals surface area contributed by atoms with Crippen LogP contribution in [0.4, 0.5) is 0 Å². The van der Waals surface area contributed by atoms with Crippen LogP contribution < -0.4 is 4.72 Å². The van der Waals surface area contributed by atoms with Crippen LogP contribution in [0, 0.1) is 5.92 Å². The van der Waals surface area contributed by atoms with E-state index in [1.54, 1.807) is 4.31 Å². The Hall–Kier alpha value is -0.170. The third kappa shape index (κ3) is 3.78. The lowest BCUT2D eigenvalue weighted by atomic mass is 10.0. The van der Waals surface area contributed by atoms with Gasteiger partial charge in [-0.2, -0.15) is 17.4 Å². The van der Waals surface area contributed by atoms with Gasteiger partial charge in [0.05, 0.1) is 0 Å². The monoisotopic (exact) mass is 315 g/mol. The first kappa shape index (κ1) is 15.7. The zero-order valence-corrected chi connectivity index (χ0v) is 13.9. The number of hydrogen-bond donors (Lipinski definition) is 1. The summed E-state index contributed by atoms with van der Waals surface area (Å²) >= 11 is 0. The maximum atomic E-state index is 12.5. The highest BCUT2D eigenvalue weighted by atomic mass is 32.2. The van der Waals surface area contributed by atoms with Gasteiger partial charge in [0.2, 0.25) is 0 Å². The predicted molar refractivity (Wildman–Crippen MR) is 84.3 cm³/mol. The van der Waals surface area contributed by atoms with E-state index in [0.29, 0.717) is 25.0 Å². The Morgan fingerprint density at radius 1 is 0.952 bits per heavy atom. The minimum Gasteiger partial charge on any atom is -0.299 e. The average Bonchev–Trinajstić information content (AvgIpc) is 3.09. The topological polar surface area (TPSA) is 52.7 Å². The number of likely N-dealkylation sites (tertiary alicyclic amines) is 1. The van der Waals surface area contributed by atoms with Crippen molar-refractivity contribution in [2.45, 2.75) is 64.0 Å². The van der Waals surface area contributed by atoms with Gasteiger partial charge in [0.15, 0.2) is 0 Å². The van der Waals surface area contributed by atoms with Crippen LogP contribution in [0.2, 0.25) is 0 Å². The molecular formula is C15H29N3O2S. The van der Waals surface area contributed by atoms with Crippen molar-refractivity contribution >= 4 is 10.2 Å². The number of nitrogens with zero attached hydrogens (tertiary/aromatic N) is 2. The highest BCUT2D eigenvalue weighted by Gasteiger charge is 2.34. The summed E-state index contributed by atoms with van der Waals surface area (Å²) in [7, 11) is -3.28. The Balaban J connectivity index is 1.51. The molecule has 2 saturated heterocycles. The summed E-state index contributed by atoms with van der Waals surface area (Å²) in [5.41, 5.74) is 0. The highest BCUT2D eigenvalue weighted by Crippen LogP contribution is 2.27. The Bertz CT molecular complexity index is 440. The molecular weight excluding hydrogens is 286 g/mol. The maximum absolute atomic E-state index is 12.5. The molecule has 5 nitrogen and oxygen atoms in total. The summed E-state index contributed by atoms with van der Waals surface area (Å²) in [6, 6.07) is 0.810. The van der Waals surface area contributed by atoms with E-state index in [1.807, 2.05) is 0 Å². The maximum Gasteiger partial charge on any atom is 0.279 e. The lowest BCUT2D eigenvalue weighted by molar-refractivity contribution is 0.241. The molecule has 21 heavy (non-hydrogen) atoms. The molecule has 0 aromatic carbocycles. The molecule has 1 N–H and O–H groups in total. The van der Waals surface area contributed by atoms with E-state index < -0.39 is 10.2 Å². The molecule has 3 aliphatic rings. The second-order valence-corrected chi connectivity index (χ2v) is 8.83. The van der Waals surface area contributed by atoms with E-state index in [1.165, 1.54) is 25.7 Å². The molecule has 0 amide bonds. The number of rotatable bonds is 4. The summed E-state index contributed by atoms with van der Waals surface area (Å²) in [6.45, 7) is 5.50. The molecule has 3 fully saturated rings. The molecule has 122 valence electrons. The van der Waals surface area contributed by atoms with Gasteiger partial charge in [-0.1, -0.05) is 19.8 Å². The second-order valence-electron chi connectivity index (χ2n) is 7.12. The molecule has 2 aliphatic heterocycles. The molecule has 0 bridgehead atoms. The van der Waals surface area contributed by atoms with E-state index in [0.717, 1.165) is 32.4 Å². The van der Waals surface area contributed by atoms with Gasteiger partial charge in [0.1, 0.15) is 0 Å². The molecule has 0 radical (unpaired) electrons. The van der Waals surface area contributed by atoms with Crippen LogP contribution in [-0.2, 0) is 10.2 Å². The number of nitrogens with one attached hydrogen (secondary N) is 1. The Morgan fingerprint density at radius 2 is 1.62 bits per heavy atom. The van der Waals surface area contributed by atoms with Crippen LogP contribution in [0.5, 0.6) is 0 Å². The van der Waals surface area contributed by atoms with Crippen molar-refractivity contribution in [2.24, 2.45) is 5.92 Å². The standard InChI is InChI=1S/C15H29N3O2S/c1-13-6-10-18(11-7-13)21(19,20)16-14-8-9-17(12-14)15-4-2-3-5-15/h13-16H,2-12H2,1H3. The first-order valence-electron chi connectivity index (χ1n) is 8.56. The lowest BCUT2D eigenvalue weighted by Gasteiger charge is -2.30. The van der Waals surface area contributed by atoms with E-state index in [-0.39, 0.29) is 6.04 Å². The Labute approximate surface area is 129 Å². The quantitative estimate of drug-likeness (QED) is 0.857. The summed E-state index contributed by atoms with van der Waals surface area (Å²) in [5.74, 6) is 0.654. The van der Waals surface area contributed by atoms with Crippen LogP contribution in [-0.4, -0.2) is 55.9 Å². The van der Waals surface area contributed by atoms with E-state index in [4.69, 9.17) is 0 Å². The van der Waals surface area contributed by atoms with Crippen molar-refractivity contribution in [2.75, 3.05) is 26.2 Å². The molecule has 3 rings (SSSR count). The summed E-state index contributed by atoms with van der Waals surface area (Å²) in [6.07, 6.45) is 8.19. The molecule has 1 unspecified atom stereocenters. The van der Waals surface area contributed by atoms with Gasteiger partial charge in [-0.15, -0.1) is 0 Å². The van der Waals surface area contributed by atoms with Crippen molar-refractivity contribution < 1.29 is 8.42 Å². The van der Waals surface area contributed by atoms with Crippen molar-refractivity contribution in [1.82, 2.24) is 13.9 Å². The molecule has 2 heterocycles. The summed E-state index contributed by atoms with van der Waals surface area (Å²) in [5, 5.41) is 0. The fourth-order valence-electron chi connectivity index (χ4n) is 3.99. The van der Waals surface area contributed by atoms with E-state index in [2.05, 4.69) is 16.5 Å². The zero-order chi connectivity index (χ0) is 14.9. The predicted octanol–water partition coefficient (Wildman–Crippen LogP) is 1.57. The smallest absolute Gasteiger partial charge is 0.279 e. The van der Waals surface area contributed by atoms with Crippen molar-refractivity contribution in [3.05, 3.63) is 0 Å². The third-order valence-electron chi connectivity index (χ3n) is 5.46. The fourth-order valence-corrected chi connectivity index (χ4v) is 5.45. The fraction of sp³-hybridized carbons (Fsp3) is 1.00. The van der Waals surface area contributed by atoms with Crippen LogP contribution in [0.15, 0.2) is 0 Å². The highest BCUT2D eigenvalue weighted by molar-refractivity contribution is 7.87. The molecule has 0 spiro atoms. The van der Waals surface area contributed by atoms with Gasteiger partial charge in [0, 0.05) is 38.3 Å². The Morgan fingerprint density at radius 3 is 2.29 bits per heavy atom. The lowest BCUT2D eigenvalue weighted by Crippen LogP contribution is -2.49. The third-order valence-corrected chi connectivity index (χ3v) is 7.14. The second kappa shape index (κ2) is 6.52. The molecule has 0 aromatic heterocycles. The van der Waals surface area contributed by atoms with Gasteiger partial charge in [0.25, 0.3) is 10.2 Å². The van der Waals surface area contributed by atoms with Crippen molar-refractivity contribution in [1.29, 1.82) is 0 Å². The largest absolute Gasteiger partial charge is 0.299 e. The summed E-state index contributed by atoms with van der Waals surface area (Å²) < 4.78 is 29.5. The van der Waals surface area contributed by atoms with Crippen molar-refractivity contribution in [3.8, 4) is 0 Å². The molecule has 1 saturated carbocycles. The van der Waals surface area contributed by atoms with Crippen LogP contribution in [0.25, 0.3) is 0 Å². The first-order chi connectivity index (χ1) is 10.0. The summed E-state index contributed by atoms with van der Waals surface area (Å²) in [4.78, 5) is 2.50. The van der Waals surface area contributed by atoms with Gasteiger partial charge < -0.3 is 0 Å². The molecule has 0 aromatic rings. The minimum absolute atomic E-state index is 0.106. The number of piperidine rings is 1. The average molecular weight is 315 g/mol. The van der Waals surface area contributed by atoms with Crippen LogP contribution in [0.1, 0.15) is 51.9 Å². The normalized spacial score (nSPS) is 31.2. The SMILES string of the molecule is CC1CCN(S(=O)(=O)NC2CCN(C3CCCC3)C2)CC1. The van der Waals surface area contributed by atoms with Gasteiger partial charge in [-0.3, -0.25) is 4.90 Å². The van der Waals surface area contributed by atoms with E-state index >= 15 is 0 Å². The number of hydrogen-bond acceptors (Lipinski definition) is 3. The van der Waals surface area contributed by atoms with Gasteiger partial charge >= 0.3 is 0 Å². The molecule has 6 heteroatoms. The zero-order valence-electron chi connectivity index (χ0n) is 13.1. The molecule has 1 aliphatic carbocycles. The van der Waals surface area contributed by atoms with Gasteiger partial charge in [-0.25, -0.2) is 0 Å². The van der Waals surface area contributed by atoms with Crippen LogP contribution >= 0.6 is 0 Å². The van der Waals surface area contributed by atoms with Crippen LogP contribution in [0.3, 0.4) is 0 Å². The Kier molecular flexibility index (Phi) is 4.88. The van der Waals surface area contributed by atoms with E-state index in [9.17, 15) is 8.42 Å². The minimum atomic E-state index is -3.28. The first-order valence-corrected chi connectivity index (χ1v) is 10.00.